The van der Waals surface area contributed by atoms with E-state index in [1.165, 1.54) is 11.8 Å². The van der Waals surface area contributed by atoms with Crippen molar-refractivity contribution in [2.75, 3.05) is 19.4 Å². The van der Waals surface area contributed by atoms with Crippen LogP contribution in [0.5, 0.6) is 0 Å². The summed E-state index contributed by atoms with van der Waals surface area (Å²) >= 11 is 1.39. The highest BCUT2D eigenvalue weighted by Gasteiger charge is 2.36. The molecular weight excluding hydrogens is 300 g/mol. The molecule has 2 unspecified atom stereocenters. The van der Waals surface area contributed by atoms with Gasteiger partial charge in [0.1, 0.15) is 5.78 Å². The monoisotopic (exact) mass is 328 g/mol. The number of amides is 1. The maximum atomic E-state index is 12.0. The number of hydrogen-bond acceptors (Lipinski definition) is 4. The topological polar surface area (TPSA) is 70.8 Å². The number of aliphatic hydroxyl groups excluding tert-OH is 1. The summed E-state index contributed by atoms with van der Waals surface area (Å²) in [6, 6.07) is 0. The summed E-state index contributed by atoms with van der Waals surface area (Å²) in [7, 11) is 0. The molecule has 0 saturated carbocycles. The summed E-state index contributed by atoms with van der Waals surface area (Å²) in [5, 5.41) is 11.1. The van der Waals surface area contributed by atoms with Crippen LogP contribution >= 0.6 is 11.8 Å². The molecule has 0 rings (SSSR count). The zero-order valence-corrected chi connectivity index (χ0v) is 14.8. The Hall–Kier alpha value is -1.06. The van der Waals surface area contributed by atoms with Gasteiger partial charge in [0.25, 0.3) is 0 Å². The number of nitrogens with one attached hydrogen (secondary N) is 1. The van der Waals surface area contributed by atoms with Crippen LogP contribution in [0.4, 0.5) is 0 Å². The maximum Gasteiger partial charge on any atom is 0.233 e. The van der Waals surface area contributed by atoms with Crippen molar-refractivity contribution in [3.63, 3.8) is 0 Å². The zero-order chi connectivity index (χ0) is 17.2. The largest absolute Gasteiger partial charge is 0.395 e. The van der Waals surface area contributed by atoms with Crippen LogP contribution in [-0.4, -0.2) is 47.0 Å². The molecule has 0 bridgehead atoms. The summed E-state index contributed by atoms with van der Waals surface area (Å²) in [5.74, 6) is 0.343. The highest BCUT2D eigenvalue weighted by Crippen LogP contribution is 2.29. The second-order valence-corrected chi connectivity index (χ2v) is 7.23. The molecule has 0 heterocycles. The number of carbonyl (C=O) groups excluding carboxylic acids is 2. The molecule has 0 saturated heterocycles. The molecule has 1 amide bonds. The number of Topliss-reactive ketones (excluding diaryl/α,β-unsaturated/α-hetero) is 1. The van der Waals surface area contributed by atoms with Crippen LogP contribution in [0, 0.1) is 12.5 Å². The van der Waals surface area contributed by atoms with Gasteiger partial charge in [-0.25, -0.2) is 6.57 Å². The molecule has 0 aliphatic rings. The van der Waals surface area contributed by atoms with E-state index in [2.05, 4.69) is 10.2 Å². The van der Waals surface area contributed by atoms with Gasteiger partial charge in [-0.2, -0.15) is 11.8 Å². The van der Waals surface area contributed by atoms with Gasteiger partial charge in [-0.1, -0.05) is 13.8 Å². The van der Waals surface area contributed by atoms with Crippen LogP contribution in [0.3, 0.4) is 0 Å². The van der Waals surface area contributed by atoms with Gasteiger partial charge in [0.15, 0.2) is 0 Å². The molecule has 0 aliphatic carbocycles. The molecular formula is C16H28N2O3S. The van der Waals surface area contributed by atoms with Crippen molar-refractivity contribution >= 4 is 23.5 Å². The molecule has 22 heavy (non-hydrogen) atoms. The Balaban J connectivity index is 4.60. The highest BCUT2D eigenvalue weighted by atomic mass is 32.2. The van der Waals surface area contributed by atoms with Gasteiger partial charge < -0.3 is 15.3 Å². The Labute approximate surface area is 138 Å². The fourth-order valence-electron chi connectivity index (χ4n) is 2.15. The summed E-state index contributed by atoms with van der Waals surface area (Å²) < 4.78 is 0. The van der Waals surface area contributed by atoms with E-state index in [-0.39, 0.29) is 30.1 Å². The lowest BCUT2D eigenvalue weighted by atomic mass is 9.88. The quantitative estimate of drug-likeness (QED) is 0.571. The number of carbonyl (C=O) groups is 2. The summed E-state index contributed by atoms with van der Waals surface area (Å²) in [6.45, 7) is 13.4. The first-order valence-corrected chi connectivity index (χ1v) is 8.88. The van der Waals surface area contributed by atoms with E-state index in [9.17, 15) is 9.59 Å². The lowest BCUT2D eigenvalue weighted by Crippen LogP contribution is -2.38. The van der Waals surface area contributed by atoms with Gasteiger partial charge >= 0.3 is 0 Å². The molecule has 5 nitrogen and oxygen atoms in total. The molecule has 0 radical (unpaired) electrons. The molecule has 0 fully saturated rings. The summed E-state index contributed by atoms with van der Waals surface area (Å²) in [6.07, 6.45) is 3.64. The van der Waals surface area contributed by atoms with Gasteiger partial charge in [0, 0.05) is 39.2 Å². The predicted octanol–water partition coefficient (Wildman–Crippen LogP) is 2.29. The average Bonchev–Trinajstić information content (AvgIpc) is 2.47. The highest BCUT2D eigenvalue weighted by molar-refractivity contribution is 7.99. The van der Waals surface area contributed by atoms with Crippen molar-refractivity contribution in [1.29, 1.82) is 0 Å². The van der Waals surface area contributed by atoms with Crippen molar-refractivity contribution in [2.45, 2.75) is 57.2 Å². The molecule has 0 aromatic carbocycles. The van der Waals surface area contributed by atoms with Crippen LogP contribution < -0.4 is 5.32 Å². The molecule has 6 heteroatoms. The van der Waals surface area contributed by atoms with Gasteiger partial charge in [0.2, 0.25) is 11.4 Å². The first-order valence-electron chi connectivity index (χ1n) is 7.59. The maximum absolute atomic E-state index is 12.0. The van der Waals surface area contributed by atoms with Crippen LogP contribution in [0.2, 0.25) is 0 Å². The van der Waals surface area contributed by atoms with E-state index < -0.39 is 5.54 Å². The van der Waals surface area contributed by atoms with Gasteiger partial charge in [-0.15, -0.1) is 0 Å². The lowest BCUT2D eigenvalue weighted by Gasteiger charge is -2.22. The fourth-order valence-corrected chi connectivity index (χ4v) is 2.97. The molecule has 0 aromatic rings. The fraction of sp³-hybridized carbons (Fsp3) is 0.812. The third kappa shape index (κ3) is 8.40. The molecule has 2 atom stereocenters. The first-order chi connectivity index (χ1) is 10.3. The molecule has 2 N–H and O–H groups in total. The van der Waals surface area contributed by atoms with Crippen LogP contribution in [0.15, 0.2) is 0 Å². The van der Waals surface area contributed by atoms with E-state index in [0.29, 0.717) is 31.6 Å². The van der Waals surface area contributed by atoms with E-state index in [1.807, 2.05) is 27.0 Å². The van der Waals surface area contributed by atoms with Crippen molar-refractivity contribution in [1.82, 2.24) is 5.32 Å². The molecule has 126 valence electrons. The average molecular weight is 328 g/mol. The standard InChI is InChI=1S/C16H28N2O3S/c1-12(2)10-13(20)6-7-16(3,17-4)11-14(22-5)15(21)18-8-9-19/h12,14,19H,6-11H2,1-3,5H3,(H,18,21). The number of rotatable bonds is 11. The third-order valence-corrected chi connectivity index (χ3v) is 4.41. The van der Waals surface area contributed by atoms with Crippen LogP contribution in [0.1, 0.15) is 46.5 Å². The number of nitrogens with zero attached hydrogens (tertiary/aromatic N) is 1. The van der Waals surface area contributed by atoms with E-state index in [4.69, 9.17) is 11.7 Å². The molecule has 0 aliphatic heterocycles. The number of hydrogen-bond donors (Lipinski definition) is 2. The zero-order valence-electron chi connectivity index (χ0n) is 14.0. The van der Waals surface area contributed by atoms with E-state index >= 15 is 0 Å². The van der Waals surface area contributed by atoms with Gasteiger partial charge in [0.05, 0.1) is 11.9 Å². The van der Waals surface area contributed by atoms with E-state index in [0.717, 1.165) is 0 Å². The van der Waals surface area contributed by atoms with Crippen molar-refractivity contribution < 1.29 is 14.7 Å². The van der Waals surface area contributed by atoms with E-state index in [1.54, 1.807) is 0 Å². The SMILES string of the molecule is [C-]#[N+]C(C)(CCC(=O)CC(C)C)CC(SC)C(=O)NCCO. The third-order valence-electron chi connectivity index (χ3n) is 3.46. The van der Waals surface area contributed by atoms with Gasteiger partial charge in [-0.3, -0.25) is 9.59 Å². The number of thioether (sulfide) groups is 1. The smallest absolute Gasteiger partial charge is 0.233 e. The molecule has 0 spiro atoms. The Kier molecular flexibility index (Phi) is 10.1. The molecule has 0 aromatic heterocycles. The van der Waals surface area contributed by atoms with Crippen LogP contribution in [-0.2, 0) is 9.59 Å². The van der Waals surface area contributed by atoms with Crippen molar-refractivity contribution in [2.24, 2.45) is 5.92 Å². The minimum Gasteiger partial charge on any atom is -0.395 e. The normalized spacial score (nSPS) is 15.0. The lowest BCUT2D eigenvalue weighted by molar-refractivity contribution is -0.121. The Morgan fingerprint density at radius 2 is 2.05 bits per heavy atom. The van der Waals surface area contributed by atoms with Crippen molar-refractivity contribution in [3.8, 4) is 0 Å². The minimum atomic E-state index is -0.711. The number of aliphatic hydroxyl groups is 1. The first kappa shape index (κ1) is 20.9. The van der Waals surface area contributed by atoms with Gasteiger partial charge in [-0.05, 0) is 12.2 Å². The summed E-state index contributed by atoms with van der Waals surface area (Å²) in [4.78, 5) is 27.5. The predicted molar refractivity (Wildman–Crippen MR) is 90.7 cm³/mol. The Morgan fingerprint density at radius 1 is 1.41 bits per heavy atom. The Morgan fingerprint density at radius 3 is 2.50 bits per heavy atom. The second kappa shape index (κ2) is 10.6. The Bertz CT molecular complexity index is 407. The summed E-state index contributed by atoms with van der Waals surface area (Å²) in [5.41, 5.74) is -0.711. The minimum absolute atomic E-state index is 0.101. The second-order valence-electron chi connectivity index (χ2n) is 6.19. The van der Waals surface area contributed by atoms with Crippen molar-refractivity contribution in [3.05, 3.63) is 11.4 Å². The number of ketones is 1. The van der Waals surface area contributed by atoms with Crippen LogP contribution in [0.25, 0.3) is 4.85 Å².